The van der Waals surface area contributed by atoms with Crippen molar-refractivity contribution in [1.82, 2.24) is 0 Å². The first-order chi connectivity index (χ1) is 13.9. The van der Waals surface area contributed by atoms with Crippen LogP contribution >= 0.6 is 0 Å². The Morgan fingerprint density at radius 1 is 0.966 bits per heavy atom. The number of benzene rings is 2. The summed E-state index contributed by atoms with van der Waals surface area (Å²) in [6, 6.07) is 11.8. The Labute approximate surface area is 167 Å². The van der Waals surface area contributed by atoms with E-state index in [9.17, 15) is 24.2 Å². The molecule has 2 aromatic carbocycles. The lowest BCUT2D eigenvalue weighted by molar-refractivity contribution is -0.118. The van der Waals surface area contributed by atoms with Crippen molar-refractivity contribution in [3.05, 3.63) is 88.6 Å². The highest BCUT2D eigenvalue weighted by molar-refractivity contribution is 6.38. The molecule has 0 fully saturated rings. The van der Waals surface area contributed by atoms with Gasteiger partial charge in [-0.25, -0.2) is 4.39 Å². The SMILES string of the molecule is CCCOc1cccc(/C=C/C2=C(O)C(=O)C(c3ccc(F)cc3)=C(O)C2=O)c1. The molecular weight excluding hydrogens is 375 g/mol. The lowest BCUT2D eigenvalue weighted by atomic mass is 9.89. The Balaban J connectivity index is 1.90. The second kappa shape index (κ2) is 8.56. The molecule has 0 amide bonds. The molecule has 6 heteroatoms. The number of allylic oxidation sites excluding steroid dienone is 3. The Morgan fingerprint density at radius 3 is 2.38 bits per heavy atom. The zero-order valence-corrected chi connectivity index (χ0v) is 15.7. The first-order valence-electron chi connectivity index (χ1n) is 9.05. The van der Waals surface area contributed by atoms with Crippen LogP contribution in [0.3, 0.4) is 0 Å². The number of hydrogen-bond donors (Lipinski definition) is 2. The number of ketones is 2. The van der Waals surface area contributed by atoms with E-state index in [0.717, 1.165) is 18.6 Å². The van der Waals surface area contributed by atoms with Gasteiger partial charge in [0, 0.05) is 0 Å². The van der Waals surface area contributed by atoms with Gasteiger partial charge in [-0.3, -0.25) is 9.59 Å². The van der Waals surface area contributed by atoms with Gasteiger partial charge in [-0.1, -0.05) is 37.3 Å². The predicted octanol–water partition coefficient (Wildman–Crippen LogP) is 4.56. The van der Waals surface area contributed by atoms with Crippen LogP contribution in [0.5, 0.6) is 5.75 Å². The Bertz CT molecular complexity index is 1050. The molecule has 2 N–H and O–H groups in total. The van der Waals surface area contributed by atoms with Crippen LogP contribution in [0.25, 0.3) is 11.6 Å². The molecule has 0 bridgehead atoms. The summed E-state index contributed by atoms with van der Waals surface area (Å²) in [7, 11) is 0. The van der Waals surface area contributed by atoms with E-state index in [1.54, 1.807) is 24.3 Å². The summed E-state index contributed by atoms with van der Waals surface area (Å²) in [5.74, 6) is -3.25. The fraction of sp³-hybridized carbons (Fsp3) is 0.130. The number of carbonyl (C=O) groups excluding carboxylic acids is 2. The lowest BCUT2D eigenvalue weighted by Crippen LogP contribution is -2.22. The van der Waals surface area contributed by atoms with E-state index in [1.807, 2.05) is 6.92 Å². The van der Waals surface area contributed by atoms with Crippen LogP contribution in [0.4, 0.5) is 4.39 Å². The van der Waals surface area contributed by atoms with E-state index in [4.69, 9.17) is 4.74 Å². The number of Topliss-reactive ketones (excluding diaryl/α,β-unsaturated/α-hetero) is 2. The standard InChI is InChI=1S/C23H19FO5/c1-2-12-29-17-5-3-4-14(13-17)6-11-18-20(25)22(27)19(23(28)21(18)26)15-7-9-16(24)10-8-15/h3-11,13,25,28H,2,12H2,1H3/b11-6+. The lowest BCUT2D eigenvalue weighted by Gasteiger charge is -2.16. The van der Waals surface area contributed by atoms with Gasteiger partial charge in [0.05, 0.1) is 17.8 Å². The van der Waals surface area contributed by atoms with Crippen LogP contribution in [0.2, 0.25) is 0 Å². The molecule has 1 aliphatic carbocycles. The van der Waals surface area contributed by atoms with Crippen LogP contribution < -0.4 is 4.74 Å². The highest BCUT2D eigenvalue weighted by Crippen LogP contribution is 2.30. The molecule has 0 saturated heterocycles. The molecule has 1 aliphatic rings. The van der Waals surface area contributed by atoms with Crippen LogP contribution in [0.15, 0.2) is 71.7 Å². The maximum absolute atomic E-state index is 13.1. The number of carbonyl (C=O) groups is 2. The summed E-state index contributed by atoms with van der Waals surface area (Å²) in [6.45, 7) is 2.56. The number of halogens is 1. The Morgan fingerprint density at radius 2 is 1.69 bits per heavy atom. The molecule has 0 spiro atoms. The molecule has 0 saturated carbocycles. The van der Waals surface area contributed by atoms with Crippen molar-refractivity contribution in [3.8, 4) is 5.75 Å². The molecule has 5 nitrogen and oxygen atoms in total. The second-order valence-corrected chi connectivity index (χ2v) is 6.41. The van der Waals surface area contributed by atoms with Gasteiger partial charge in [0.15, 0.2) is 11.5 Å². The number of aliphatic hydroxyl groups is 2. The maximum atomic E-state index is 13.1. The summed E-state index contributed by atoms with van der Waals surface area (Å²) in [6.07, 6.45) is 3.66. The van der Waals surface area contributed by atoms with Crippen LogP contribution in [-0.4, -0.2) is 28.4 Å². The van der Waals surface area contributed by atoms with E-state index in [0.29, 0.717) is 17.9 Å². The van der Waals surface area contributed by atoms with Crippen molar-refractivity contribution in [2.75, 3.05) is 6.61 Å². The zero-order chi connectivity index (χ0) is 21.0. The molecule has 0 radical (unpaired) electrons. The average Bonchev–Trinajstić information content (AvgIpc) is 2.72. The molecule has 3 rings (SSSR count). The van der Waals surface area contributed by atoms with Gasteiger partial charge in [-0.05, 0) is 47.9 Å². The van der Waals surface area contributed by atoms with Crippen molar-refractivity contribution < 1.29 is 28.9 Å². The van der Waals surface area contributed by atoms with Gasteiger partial charge in [-0.15, -0.1) is 0 Å². The van der Waals surface area contributed by atoms with Crippen LogP contribution in [0, 0.1) is 5.82 Å². The molecular formula is C23H19FO5. The third-order valence-corrected chi connectivity index (χ3v) is 4.30. The molecule has 29 heavy (non-hydrogen) atoms. The minimum absolute atomic E-state index is 0.137. The van der Waals surface area contributed by atoms with E-state index in [-0.39, 0.29) is 16.7 Å². The van der Waals surface area contributed by atoms with Gasteiger partial charge in [0.25, 0.3) is 0 Å². The first kappa shape index (κ1) is 20.1. The van der Waals surface area contributed by atoms with E-state index < -0.39 is 28.9 Å². The van der Waals surface area contributed by atoms with Crippen molar-refractivity contribution in [2.24, 2.45) is 0 Å². The molecule has 148 valence electrons. The van der Waals surface area contributed by atoms with Gasteiger partial charge in [0.1, 0.15) is 11.6 Å². The van der Waals surface area contributed by atoms with Crippen molar-refractivity contribution >= 4 is 23.2 Å². The van der Waals surface area contributed by atoms with E-state index >= 15 is 0 Å². The minimum atomic E-state index is -0.909. The number of aliphatic hydroxyl groups excluding tert-OH is 2. The predicted molar refractivity (Wildman–Crippen MR) is 107 cm³/mol. The number of rotatable bonds is 6. The number of hydrogen-bond acceptors (Lipinski definition) is 5. The topological polar surface area (TPSA) is 83.8 Å². The Kier molecular flexibility index (Phi) is 5.93. The normalized spacial score (nSPS) is 14.8. The third-order valence-electron chi connectivity index (χ3n) is 4.30. The highest BCUT2D eigenvalue weighted by Gasteiger charge is 2.34. The highest BCUT2D eigenvalue weighted by atomic mass is 19.1. The maximum Gasteiger partial charge on any atom is 0.232 e. The van der Waals surface area contributed by atoms with Crippen LogP contribution in [-0.2, 0) is 9.59 Å². The van der Waals surface area contributed by atoms with Gasteiger partial charge in [0.2, 0.25) is 11.6 Å². The average molecular weight is 394 g/mol. The summed E-state index contributed by atoms with van der Waals surface area (Å²) in [5, 5.41) is 20.5. The van der Waals surface area contributed by atoms with Gasteiger partial charge >= 0.3 is 0 Å². The fourth-order valence-corrected chi connectivity index (χ4v) is 2.84. The molecule has 0 aromatic heterocycles. The minimum Gasteiger partial charge on any atom is -0.504 e. The molecule has 0 atom stereocenters. The van der Waals surface area contributed by atoms with Crippen molar-refractivity contribution in [3.63, 3.8) is 0 Å². The second-order valence-electron chi connectivity index (χ2n) is 6.41. The molecule has 0 unspecified atom stereocenters. The summed E-state index contributed by atoms with van der Waals surface area (Å²) < 4.78 is 18.7. The van der Waals surface area contributed by atoms with E-state index in [2.05, 4.69) is 0 Å². The molecule has 0 heterocycles. The monoisotopic (exact) mass is 394 g/mol. The third kappa shape index (κ3) is 4.27. The quantitative estimate of drug-likeness (QED) is 0.702. The summed E-state index contributed by atoms with van der Waals surface area (Å²) in [4.78, 5) is 25.1. The largest absolute Gasteiger partial charge is 0.504 e. The molecule has 2 aromatic rings. The number of ether oxygens (including phenoxy) is 1. The van der Waals surface area contributed by atoms with Gasteiger partial charge < -0.3 is 14.9 Å². The van der Waals surface area contributed by atoms with Crippen LogP contribution in [0.1, 0.15) is 24.5 Å². The summed E-state index contributed by atoms with van der Waals surface area (Å²) >= 11 is 0. The smallest absolute Gasteiger partial charge is 0.232 e. The van der Waals surface area contributed by atoms with E-state index in [1.165, 1.54) is 24.3 Å². The fourth-order valence-electron chi connectivity index (χ4n) is 2.84. The first-order valence-corrected chi connectivity index (χ1v) is 9.05. The Hall–Kier alpha value is -3.67. The van der Waals surface area contributed by atoms with Crippen molar-refractivity contribution in [2.45, 2.75) is 13.3 Å². The summed E-state index contributed by atoms with van der Waals surface area (Å²) in [5.41, 5.74) is 0.141. The van der Waals surface area contributed by atoms with Gasteiger partial charge in [-0.2, -0.15) is 0 Å². The van der Waals surface area contributed by atoms with Crippen molar-refractivity contribution in [1.29, 1.82) is 0 Å². The molecule has 0 aliphatic heterocycles. The zero-order valence-electron chi connectivity index (χ0n) is 15.7.